The summed E-state index contributed by atoms with van der Waals surface area (Å²) in [4.78, 5) is 14.3. The van der Waals surface area contributed by atoms with Gasteiger partial charge in [0.15, 0.2) is 0 Å². The number of ether oxygens (including phenoxy) is 1. The number of likely N-dealkylation sites (tertiary alicyclic amines) is 1. The van der Waals surface area contributed by atoms with Gasteiger partial charge in [0.05, 0.1) is 7.11 Å². The molecular weight excluding hydrogens is 238 g/mol. The fraction of sp³-hybridized carbons (Fsp3) is 0.562. The van der Waals surface area contributed by atoms with Crippen LogP contribution in [0.4, 0.5) is 0 Å². The van der Waals surface area contributed by atoms with E-state index in [2.05, 4.69) is 36.1 Å². The maximum absolute atomic E-state index is 12.0. The molecule has 0 unspecified atom stereocenters. The van der Waals surface area contributed by atoms with Crippen molar-refractivity contribution in [3.05, 3.63) is 35.4 Å². The zero-order valence-electron chi connectivity index (χ0n) is 11.9. The fourth-order valence-corrected chi connectivity index (χ4v) is 2.68. The van der Waals surface area contributed by atoms with Gasteiger partial charge >= 0.3 is 5.97 Å². The number of aryl methyl sites for hydroxylation is 1. The van der Waals surface area contributed by atoms with Gasteiger partial charge in [-0.2, -0.15) is 0 Å². The summed E-state index contributed by atoms with van der Waals surface area (Å²) in [6.45, 7) is 4.09. The van der Waals surface area contributed by atoms with Gasteiger partial charge < -0.3 is 4.74 Å². The lowest BCUT2D eigenvalue weighted by Gasteiger charge is -2.32. The molecule has 0 spiro atoms. The van der Waals surface area contributed by atoms with Gasteiger partial charge in [-0.3, -0.25) is 9.69 Å². The Hall–Kier alpha value is -1.35. The Morgan fingerprint density at radius 1 is 1.21 bits per heavy atom. The Balaban J connectivity index is 2.08. The first-order valence-electron chi connectivity index (χ1n) is 7.08. The molecule has 19 heavy (non-hydrogen) atoms. The second-order valence-corrected chi connectivity index (χ2v) is 5.33. The van der Waals surface area contributed by atoms with Crippen LogP contribution >= 0.6 is 0 Å². The van der Waals surface area contributed by atoms with Gasteiger partial charge in [-0.25, -0.2) is 0 Å². The summed E-state index contributed by atoms with van der Waals surface area (Å²) < 4.78 is 4.98. The number of hydrogen-bond acceptors (Lipinski definition) is 3. The number of carbonyl (C=O) groups is 1. The number of methoxy groups -OCH3 is 1. The van der Waals surface area contributed by atoms with Gasteiger partial charge in [-0.15, -0.1) is 0 Å². The Labute approximate surface area is 115 Å². The minimum atomic E-state index is -0.131. The average Bonchev–Trinajstić information content (AvgIpc) is 2.47. The minimum Gasteiger partial charge on any atom is -0.468 e. The number of piperidine rings is 1. The van der Waals surface area contributed by atoms with Crippen LogP contribution < -0.4 is 0 Å². The lowest BCUT2D eigenvalue weighted by atomic mass is 10.0. The summed E-state index contributed by atoms with van der Waals surface area (Å²) in [6.07, 6.45) is 4.38. The molecule has 0 saturated carbocycles. The quantitative estimate of drug-likeness (QED) is 0.780. The smallest absolute Gasteiger partial charge is 0.323 e. The first-order chi connectivity index (χ1) is 9.20. The first kappa shape index (κ1) is 14.1. The highest BCUT2D eigenvalue weighted by Crippen LogP contribution is 2.17. The van der Waals surface area contributed by atoms with E-state index in [1.54, 1.807) is 0 Å². The van der Waals surface area contributed by atoms with Crippen LogP contribution in [0, 0.1) is 6.92 Å². The third-order valence-electron chi connectivity index (χ3n) is 3.85. The largest absolute Gasteiger partial charge is 0.468 e. The first-order valence-corrected chi connectivity index (χ1v) is 7.08. The molecule has 0 amide bonds. The highest BCUT2D eigenvalue weighted by atomic mass is 16.5. The number of hydrogen-bond donors (Lipinski definition) is 0. The van der Waals surface area contributed by atoms with Gasteiger partial charge in [-0.1, -0.05) is 36.2 Å². The van der Waals surface area contributed by atoms with E-state index in [4.69, 9.17) is 4.74 Å². The van der Waals surface area contributed by atoms with Crippen molar-refractivity contribution in [1.82, 2.24) is 4.90 Å². The molecule has 1 fully saturated rings. The molecule has 0 aromatic heterocycles. The molecule has 3 heteroatoms. The number of rotatable bonds is 4. The molecule has 1 aromatic rings. The van der Waals surface area contributed by atoms with Crippen molar-refractivity contribution in [2.45, 2.75) is 38.6 Å². The lowest BCUT2D eigenvalue weighted by molar-refractivity contribution is -0.147. The molecule has 1 aliphatic heterocycles. The van der Waals surface area contributed by atoms with Crippen molar-refractivity contribution in [2.75, 3.05) is 20.2 Å². The number of benzene rings is 1. The number of carbonyl (C=O) groups excluding carboxylic acids is 1. The molecule has 1 atom stereocenters. The van der Waals surface area contributed by atoms with Gasteiger partial charge in [-0.05, 0) is 44.8 Å². The van der Waals surface area contributed by atoms with Crippen LogP contribution in [0.25, 0.3) is 0 Å². The standard InChI is InChI=1S/C16H23NO2/c1-13-6-8-14(9-7-13)12-15(16(18)19-2)17-10-4-3-5-11-17/h6-9,15H,3-5,10-12H2,1-2H3/t15-/m0/s1. The van der Waals surface area contributed by atoms with E-state index in [1.165, 1.54) is 37.5 Å². The van der Waals surface area contributed by atoms with E-state index >= 15 is 0 Å². The summed E-state index contributed by atoms with van der Waals surface area (Å²) in [5, 5.41) is 0. The summed E-state index contributed by atoms with van der Waals surface area (Å²) in [6, 6.07) is 8.28. The van der Waals surface area contributed by atoms with E-state index in [9.17, 15) is 4.79 Å². The van der Waals surface area contributed by atoms with Crippen molar-refractivity contribution < 1.29 is 9.53 Å². The van der Waals surface area contributed by atoms with E-state index in [0.717, 1.165) is 19.5 Å². The van der Waals surface area contributed by atoms with Crippen molar-refractivity contribution in [3.63, 3.8) is 0 Å². The topological polar surface area (TPSA) is 29.5 Å². The van der Waals surface area contributed by atoms with Crippen molar-refractivity contribution in [3.8, 4) is 0 Å². The highest BCUT2D eigenvalue weighted by Gasteiger charge is 2.27. The molecule has 0 N–H and O–H groups in total. The molecule has 1 aliphatic rings. The van der Waals surface area contributed by atoms with Crippen LogP contribution in [0.2, 0.25) is 0 Å². The summed E-state index contributed by atoms with van der Waals surface area (Å²) in [7, 11) is 1.48. The summed E-state index contributed by atoms with van der Waals surface area (Å²) in [5.41, 5.74) is 2.45. The van der Waals surface area contributed by atoms with Gasteiger partial charge in [0.2, 0.25) is 0 Å². The van der Waals surface area contributed by atoms with Crippen LogP contribution in [0.5, 0.6) is 0 Å². The molecule has 2 rings (SSSR count). The van der Waals surface area contributed by atoms with Crippen LogP contribution in [-0.4, -0.2) is 37.1 Å². The van der Waals surface area contributed by atoms with E-state index < -0.39 is 0 Å². The van der Waals surface area contributed by atoms with Crippen LogP contribution in [-0.2, 0) is 16.0 Å². The number of nitrogens with zero attached hydrogens (tertiary/aromatic N) is 1. The molecule has 0 radical (unpaired) electrons. The van der Waals surface area contributed by atoms with Gasteiger partial charge in [0.25, 0.3) is 0 Å². The van der Waals surface area contributed by atoms with E-state index in [1.807, 2.05) is 0 Å². The monoisotopic (exact) mass is 261 g/mol. The SMILES string of the molecule is COC(=O)[C@H](Cc1ccc(C)cc1)N1CCCCC1. The van der Waals surface area contributed by atoms with Crippen LogP contribution in [0.3, 0.4) is 0 Å². The maximum atomic E-state index is 12.0. The van der Waals surface area contributed by atoms with E-state index in [0.29, 0.717) is 0 Å². The third kappa shape index (κ3) is 3.80. The van der Waals surface area contributed by atoms with Crippen molar-refractivity contribution in [1.29, 1.82) is 0 Å². The normalized spacial score (nSPS) is 18.0. The minimum absolute atomic E-state index is 0.109. The Morgan fingerprint density at radius 3 is 2.42 bits per heavy atom. The summed E-state index contributed by atoms with van der Waals surface area (Å²) in [5.74, 6) is -0.109. The maximum Gasteiger partial charge on any atom is 0.323 e. The molecule has 1 saturated heterocycles. The second-order valence-electron chi connectivity index (χ2n) is 5.33. The molecular formula is C16H23NO2. The molecule has 3 nitrogen and oxygen atoms in total. The second kappa shape index (κ2) is 6.71. The van der Waals surface area contributed by atoms with Crippen molar-refractivity contribution >= 4 is 5.97 Å². The van der Waals surface area contributed by atoms with Crippen LogP contribution in [0.15, 0.2) is 24.3 Å². The Morgan fingerprint density at radius 2 is 1.84 bits per heavy atom. The zero-order chi connectivity index (χ0) is 13.7. The third-order valence-corrected chi connectivity index (χ3v) is 3.85. The fourth-order valence-electron chi connectivity index (χ4n) is 2.68. The molecule has 0 bridgehead atoms. The Bertz CT molecular complexity index is 407. The van der Waals surface area contributed by atoms with Crippen LogP contribution in [0.1, 0.15) is 30.4 Å². The summed E-state index contributed by atoms with van der Waals surface area (Å²) >= 11 is 0. The molecule has 104 valence electrons. The number of esters is 1. The zero-order valence-corrected chi connectivity index (χ0v) is 11.9. The van der Waals surface area contributed by atoms with Gasteiger partial charge in [0, 0.05) is 0 Å². The van der Waals surface area contributed by atoms with E-state index in [-0.39, 0.29) is 12.0 Å². The highest BCUT2D eigenvalue weighted by molar-refractivity contribution is 5.76. The Kier molecular flexibility index (Phi) is 4.97. The molecule has 0 aliphatic carbocycles. The molecule has 1 heterocycles. The molecule has 1 aromatic carbocycles. The predicted molar refractivity (Wildman–Crippen MR) is 76.1 cm³/mol. The van der Waals surface area contributed by atoms with Crippen molar-refractivity contribution in [2.24, 2.45) is 0 Å². The predicted octanol–water partition coefficient (Wildman–Crippen LogP) is 2.57. The van der Waals surface area contributed by atoms with Gasteiger partial charge in [0.1, 0.15) is 6.04 Å². The lowest BCUT2D eigenvalue weighted by Crippen LogP contribution is -2.46. The average molecular weight is 261 g/mol.